The molecule has 0 unspecified atom stereocenters. The molecule has 1 aromatic carbocycles. The molecule has 0 aliphatic carbocycles. The van der Waals surface area contributed by atoms with E-state index in [4.69, 9.17) is 21.4 Å². The topological polar surface area (TPSA) is 93.4 Å². The molecule has 0 amide bonds. The Morgan fingerprint density at radius 1 is 1.26 bits per heavy atom. The number of halogens is 2. The van der Waals surface area contributed by atoms with Gasteiger partial charge in [-0.25, -0.2) is 14.2 Å². The Labute approximate surface area is 201 Å². The van der Waals surface area contributed by atoms with Gasteiger partial charge in [0.05, 0.1) is 6.54 Å². The maximum absolute atomic E-state index is 14.0. The zero-order valence-corrected chi connectivity index (χ0v) is 19.5. The van der Waals surface area contributed by atoms with Gasteiger partial charge >= 0.3 is 5.97 Å². The molecule has 0 saturated carbocycles. The summed E-state index contributed by atoms with van der Waals surface area (Å²) in [6.07, 6.45) is 4.36. The fourth-order valence-corrected chi connectivity index (χ4v) is 4.08. The molecule has 0 radical (unpaired) electrons. The van der Waals surface area contributed by atoms with Crippen molar-refractivity contribution < 1.29 is 19.0 Å². The van der Waals surface area contributed by atoms with Crippen molar-refractivity contribution in [1.82, 2.24) is 24.6 Å². The average molecular weight is 486 g/mol. The molecule has 3 heterocycles. The molecular weight excluding hydrogens is 461 g/mol. The first kappa shape index (κ1) is 23.8. The van der Waals surface area contributed by atoms with Gasteiger partial charge in [-0.2, -0.15) is 0 Å². The van der Waals surface area contributed by atoms with Crippen LogP contribution in [-0.2, 0) is 25.0 Å². The number of aromatic nitrogens is 4. The molecule has 1 fully saturated rings. The first-order valence-corrected chi connectivity index (χ1v) is 11.3. The summed E-state index contributed by atoms with van der Waals surface area (Å²) in [4.78, 5) is 17.7. The van der Waals surface area contributed by atoms with Gasteiger partial charge in [-0.05, 0) is 50.2 Å². The van der Waals surface area contributed by atoms with Crippen LogP contribution in [0.2, 0.25) is 5.02 Å². The molecule has 1 aliphatic rings. The van der Waals surface area contributed by atoms with Gasteiger partial charge in [0.2, 0.25) is 5.88 Å². The highest BCUT2D eigenvalue weighted by Gasteiger charge is 2.23. The summed E-state index contributed by atoms with van der Waals surface area (Å²) in [6.45, 7) is 2.47. The molecule has 0 atom stereocenters. The first-order chi connectivity index (χ1) is 16.4. The number of hydrogen-bond donors (Lipinski definition) is 1. The third-order valence-electron chi connectivity index (χ3n) is 5.88. The van der Waals surface area contributed by atoms with Gasteiger partial charge in [0.15, 0.2) is 5.82 Å². The van der Waals surface area contributed by atoms with Crippen molar-refractivity contribution in [1.29, 1.82) is 0 Å². The van der Waals surface area contributed by atoms with Gasteiger partial charge in [-0.1, -0.05) is 23.7 Å². The van der Waals surface area contributed by atoms with Crippen LogP contribution in [0, 0.1) is 5.82 Å². The van der Waals surface area contributed by atoms with Crippen LogP contribution in [0.15, 0.2) is 42.5 Å². The van der Waals surface area contributed by atoms with Crippen LogP contribution in [0.3, 0.4) is 0 Å². The van der Waals surface area contributed by atoms with E-state index in [1.807, 2.05) is 19.2 Å². The van der Waals surface area contributed by atoms with Crippen molar-refractivity contribution in [3.05, 3.63) is 76.2 Å². The van der Waals surface area contributed by atoms with E-state index in [1.54, 1.807) is 22.8 Å². The van der Waals surface area contributed by atoms with Crippen LogP contribution < -0.4 is 4.74 Å². The Morgan fingerprint density at radius 3 is 2.79 bits per heavy atom. The lowest BCUT2D eigenvalue weighted by Crippen LogP contribution is -2.33. The van der Waals surface area contributed by atoms with Crippen molar-refractivity contribution in [2.45, 2.75) is 31.9 Å². The van der Waals surface area contributed by atoms with E-state index in [0.29, 0.717) is 34.8 Å². The van der Waals surface area contributed by atoms with Crippen molar-refractivity contribution in [2.24, 2.45) is 7.05 Å². The minimum Gasteiger partial charge on any atom is -0.478 e. The number of likely N-dealkylation sites (tertiary alicyclic amines) is 1. The third-order valence-corrected chi connectivity index (χ3v) is 6.12. The summed E-state index contributed by atoms with van der Waals surface area (Å²) in [5.74, 6) is 0.643. The number of carbonyl (C=O) groups is 1. The molecule has 1 aliphatic heterocycles. The molecule has 0 spiro atoms. The molecule has 8 nitrogen and oxygen atoms in total. The van der Waals surface area contributed by atoms with Gasteiger partial charge in [0.1, 0.15) is 18.2 Å². The zero-order valence-electron chi connectivity index (χ0n) is 18.7. The Kier molecular flexibility index (Phi) is 7.54. The van der Waals surface area contributed by atoms with Crippen LogP contribution in [-0.4, -0.2) is 48.8 Å². The normalized spacial score (nSPS) is 15.1. The number of pyridine rings is 1. The second-order valence-electron chi connectivity index (χ2n) is 8.18. The second kappa shape index (κ2) is 10.8. The maximum atomic E-state index is 14.0. The van der Waals surface area contributed by atoms with E-state index in [0.717, 1.165) is 43.5 Å². The summed E-state index contributed by atoms with van der Waals surface area (Å²) < 4.78 is 21.5. The van der Waals surface area contributed by atoms with Crippen molar-refractivity contribution in [2.75, 3.05) is 13.1 Å². The molecule has 178 valence electrons. The molecule has 34 heavy (non-hydrogen) atoms. The molecule has 10 heteroatoms. The van der Waals surface area contributed by atoms with Crippen LogP contribution >= 0.6 is 11.6 Å². The van der Waals surface area contributed by atoms with E-state index >= 15 is 0 Å². The first-order valence-electron chi connectivity index (χ1n) is 10.9. The highest BCUT2D eigenvalue weighted by atomic mass is 35.5. The zero-order chi connectivity index (χ0) is 24.1. The highest BCUT2D eigenvalue weighted by Crippen LogP contribution is 2.28. The van der Waals surface area contributed by atoms with Gasteiger partial charge in [0, 0.05) is 41.4 Å². The molecule has 3 aromatic rings. The monoisotopic (exact) mass is 485 g/mol. The molecule has 2 aromatic heterocycles. The Morgan fingerprint density at radius 2 is 2.06 bits per heavy atom. The fourth-order valence-electron chi connectivity index (χ4n) is 3.92. The molecule has 1 N–H and O–H groups in total. The lowest BCUT2D eigenvalue weighted by Gasteiger charge is -2.31. The summed E-state index contributed by atoms with van der Waals surface area (Å²) in [7, 11) is 1.83. The fraction of sp³-hybridized carbons (Fsp3) is 0.333. The molecule has 1 saturated heterocycles. The Bertz CT molecular complexity index is 1190. The number of carboxylic acid groups (broad SMARTS) is 1. The van der Waals surface area contributed by atoms with Gasteiger partial charge in [-0.3, -0.25) is 4.90 Å². The van der Waals surface area contributed by atoms with Crippen LogP contribution in [0.25, 0.3) is 6.08 Å². The predicted octanol–water partition coefficient (Wildman–Crippen LogP) is 4.06. The van der Waals surface area contributed by atoms with Crippen LogP contribution in [0.5, 0.6) is 5.88 Å². The van der Waals surface area contributed by atoms with Crippen molar-refractivity contribution in [3.8, 4) is 5.88 Å². The summed E-state index contributed by atoms with van der Waals surface area (Å²) in [5.41, 5.74) is 1.39. The Balaban J connectivity index is 1.32. The van der Waals surface area contributed by atoms with Gasteiger partial charge in [-0.15, -0.1) is 10.2 Å². The predicted molar refractivity (Wildman–Crippen MR) is 125 cm³/mol. The molecule has 4 rings (SSSR count). The smallest absolute Gasteiger partial charge is 0.328 e. The maximum Gasteiger partial charge on any atom is 0.328 e. The average Bonchev–Trinajstić information content (AvgIpc) is 3.17. The van der Waals surface area contributed by atoms with Crippen molar-refractivity contribution in [3.63, 3.8) is 0 Å². The number of ether oxygens (including phenoxy) is 1. The van der Waals surface area contributed by atoms with Crippen LogP contribution in [0.1, 0.15) is 41.7 Å². The number of rotatable bonds is 8. The second-order valence-corrected chi connectivity index (χ2v) is 8.62. The standard InChI is InChI=1S/C24H25ClFN5O3/c1-30-21(7-8-24(32)33)28-29-22(30)14-31-11-9-16(10-12-31)20-3-2-4-23(27-20)34-15-17-5-6-18(25)13-19(17)26/h2-8,13,16H,9-12,14-15H2,1H3,(H,32,33)/b8-7+. The summed E-state index contributed by atoms with van der Waals surface area (Å²) >= 11 is 5.80. The van der Waals surface area contributed by atoms with E-state index in [1.165, 1.54) is 12.1 Å². The number of carboxylic acids is 1. The summed E-state index contributed by atoms with van der Waals surface area (Å²) in [5, 5.41) is 17.4. The summed E-state index contributed by atoms with van der Waals surface area (Å²) in [6, 6.07) is 10.2. The number of piperidine rings is 1. The number of aliphatic carboxylic acids is 1. The number of nitrogens with zero attached hydrogens (tertiary/aromatic N) is 5. The highest BCUT2D eigenvalue weighted by molar-refractivity contribution is 6.30. The minimum absolute atomic E-state index is 0.0826. The minimum atomic E-state index is -1.02. The number of benzene rings is 1. The third kappa shape index (κ3) is 5.98. The van der Waals surface area contributed by atoms with Crippen LogP contribution in [0.4, 0.5) is 4.39 Å². The van der Waals surface area contributed by atoms with Gasteiger partial charge < -0.3 is 14.4 Å². The Hall–Kier alpha value is -3.30. The SMILES string of the molecule is Cn1c(/C=C/C(=O)O)nnc1CN1CCC(c2cccc(OCc3ccc(Cl)cc3F)n2)CC1. The molecular formula is C24H25ClFN5O3. The quantitative estimate of drug-likeness (QED) is 0.481. The number of hydrogen-bond acceptors (Lipinski definition) is 6. The molecule has 0 bridgehead atoms. The largest absolute Gasteiger partial charge is 0.478 e. The van der Waals surface area contributed by atoms with E-state index in [9.17, 15) is 9.18 Å². The lowest BCUT2D eigenvalue weighted by atomic mass is 9.93. The lowest BCUT2D eigenvalue weighted by molar-refractivity contribution is -0.131. The van der Waals surface area contributed by atoms with Crippen molar-refractivity contribution >= 4 is 23.6 Å². The van der Waals surface area contributed by atoms with E-state index in [-0.39, 0.29) is 6.61 Å². The van der Waals surface area contributed by atoms with E-state index < -0.39 is 11.8 Å². The van der Waals surface area contributed by atoms with Gasteiger partial charge in [0.25, 0.3) is 0 Å². The van der Waals surface area contributed by atoms with E-state index in [2.05, 4.69) is 20.1 Å².